The molecule has 0 amide bonds. The number of non-ortho nitro benzene ring substituents is 1. The van der Waals surface area contributed by atoms with E-state index in [4.69, 9.17) is 20.3 Å². The number of phenols is 2. The van der Waals surface area contributed by atoms with Gasteiger partial charge in [-0.05, 0) is 86.1 Å². The largest absolute Gasteiger partial charge is 0.505 e. The number of anilines is 1. The summed E-state index contributed by atoms with van der Waals surface area (Å²) < 4.78 is 214. The van der Waals surface area contributed by atoms with E-state index in [1.165, 1.54) is 32.2 Å². The van der Waals surface area contributed by atoms with Gasteiger partial charge in [-0.3, -0.25) is 47.3 Å². The van der Waals surface area contributed by atoms with Crippen molar-refractivity contribution in [1.29, 1.82) is 0 Å². The number of aryl methyl sites for hydroxylation is 2. The zero-order valence-corrected chi connectivity index (χ0v) is 51.1. The van der Waals surface area contributed by atoms with Gasteiger partial charge in [-0.25, -0.2) is 9.94 Å². The number of nitrogens with one attached hydrogen (secondary N) is 1. The van der Waals surface area contributed by atoms with E-state index in [1.54, 1.807) is 6.92 Å². The number of nitrogen functional groups attached to an aromatic ring is 1. The number of aromatic amines is 1. The van der Waals surface area contributed by atoms with Crippen LogP contribution in [0.5, 0.6) is 17.2 Å². The molecule has 0 atom stereocenters. The highest BCUT2D eigenvalue weighted by Gasteiger charge is 2.30. The Morgan fingerprint density at radius 3 is 1.69 bits per heavy atom. The molecule has 0 saturated carbocycles. The van der Waals surface area contributed by atoms with E-state index in [0.29, 0.717) is 23.8 Å². The van der Waals surface area contributed by atoms with Gasteiger partial charge in [0.15, 0.2) is 17.2 Å². The fraction of sp³-hybridized carbons (Fsp3) is 0.0889. The number of nitrogens with zero attached hydrogens (tertiary/aromatic N) is 10. The van der Waals surface area contributed by atoms with Crippen molar-refractivity contribution in [1.82, 2.24) is 9.78 Å². The number of rotatable bonds is 19. The molecule has 0 saturated heterocycles. The Labute approximate surface area is 513 Å². The van der Waals surface area contributed by atoms with Crippen LogP contribution in [0, 0.1) is 24.0 Å². The van der Waals surface area contributed by atoms with Crippen molar-refractivity contribution in [2.24, 2.45) is 40.9 Å². The number of aromatic nitrogens is 2. The molecule has 0 spiro atoms. The molecule has 46 heteroatoms. The van der Waals surface area contributed by atoms with Crippen LogP contribution in [0.3, 0.4) is 0 Å². The first-order chi connectivity index (χ1) is 42.1. The first-order valence-corrected chi connectivity index (χ1v) is 32.9. The molecular weight excluding hydrogens is 1370 g/mol. The summed E-state index contributed by atoms with van der Waals surface area (Å²) in [7, 11) is -28.0. The standard InChI is InChI=1S/C27H20N8O19S5.C18H18N4O8S2/c1-29-33-24-20(58(47,48)49)8-12-11(25(24)36)3-5-15(27(12)59(50,51)52)31-32-16-9-18(56(41,42)43)13-7-17(55-54-53-40)23(26(37)21(13)22(16)28)34-30-14-4-2-10(35(38)39)6-19(14)57(44,45)46;1-10-8-14(16(32(27,28)29)9-15(10)30-3)19-20-17-11(2)21-22(18(17)23)12-4-6-13(7-5-12)31(24,25)26/h2-9,36-37,40H,28H2,1H3,(H,41,42,43)(H,44,45,46)(H,47,48,49)(H,50,51,52);4-9,21H,1-3H3,(H,24,25,26)(H,27,28,29). The van der Waals surface area contributed by atoms with E-state index in [-0.39, 0.29) is 45.4 Å². The van der Waals surface area contributed by atoms with Crippen LogP contribution in [-0.4, -0.2) is 122 Å². The van der Waals surface area contributed by atoms with Crippen molar-refractivity contribution in [3.8, 4) is 22.9 Å². The fourth-order valence-electron chi connectivity index (χ4n) is 8.13. The molecule has 1 heterocycles. The molecule has 0 fully saturated rings. The summed E-state index contributed by atoms with van der Waals surface area (Å²) in [4.78, 5) is 16.9. The molecular formula is C45H38N12O27S7. The highest BCUT2D eigenvalue weighted by molar-refractivity contribution is 7.94. The molecule has 0 bridgehead atoms. The van der Waals surface area contributed by atoms with Crippen molar-refractivity contribution in [2.45, 2.75) is 48.1 Å². The lowest BCUT2D eigenvalue weighted by atomic mass is 10.0. The van der Waals surface area contributed by atoms with Crippen LogP contribution >= 0.6 is 12.0 Å². The van der Waals surface area contributed by atoms with Gasteiger partial charge in [0.2, 0.25) is 0 Å². The summed E-state index contributed by atoms with van der Waals surface area (Å²) in [6.07, 6.45) is 0. The average Bonchev–Trinajstić information content (AvgIpc) is 1.31. The molecule has 0 aliphatic rings. The Balaban J connectivity index is 0.000000309. The van der Waals surface area contributed by atoms with E-state index in [0.717, 1.165) is 60.3 Å². The molecule has 8 aromatic rings. The summed E-state index contributed by atoms with van der Waals surface area (Å²) in [5.74, 6) is -1.97. The van der Waals surface area contributed by atoms with Crippen molar-refractivity contribution in [3.05, 3.63) is 117 Å². The number of H-pyrrole nitrogens is 1. The molecule has 91 heavy (non-hydrogen) atoms. The lowest BCUT2D eigenvalue weighted by Gasteiger charge is -2.15. The Morgan fingerprint density at radius 2 is 1.14 bits per heavy atom. The maximum atomic E-state index is 12.8. The maximum Gasteiger partial charge on any atom is 0.299 e. The predicted octanol–water partition coefficient (Wildman–Crippen LogP) is 8.55. The topological polar surface area (TPSA) is 620 Å². The maximum absolute atomic E-state index is 12.8. The van der Waals surface area contributed by atoms with Gasteiger partial charge < -0.3 is 20.7 Å². The summed E-state index contributed by atoms with van der Waals surface area (Å²) >= 11 is 0.0109. The normalized spacial score (nSPS) is 12.9. The molecule has 12 N–H and O–H groups in total. The summed E-state index contributed by atoms with van der Waals surface area (Å²) in [6.45, 7) is 3.16. The molecule has 8 rings (SSSR count). The smallest absolute Gasteiger partial charge is 0.299 e. The minimum atomic E-state index is -5.47. The number of nitrogens with two attached hydrogens (primary N) is 1. The molecule has 0 aliphatic carbocycles. The predicted molar refractivity (Wildman–Crippen MR) is 310 cm³/mol. The Morgan fingerprint density at radius 1 is 0.582 bits per heavy atom. The average molecular weight is 1400 g/mol. The zero-order chi connectivity index (χ0) is 67.8. The lowest BCUT2D eigenvalue weighted by molar-refractivity contribution is -0.432. The van der Waals surface area contributed by atoms with Crippen molar-refractivity contribution in [2.75, 3.05) is 19.9 Å². The highest BCUT2D eigenvalue weighted by atomic mass is 32.2. The number of hydrogen-bond donors (Lipinski definition) is 11. The highest BCUT2D eigenvalue weighted by Crippen LogP contribution is 2.51. The molecule has 7 aromatic carbocycles. The summed E-state index contributed by atoms with van der Waals surface area (Å²) in [5, 5.41) is 74.9. The van der Waals surface area contributed by atoms with Gasteiger partial charge in [-0.2, -0.15) is 60.7 Å². The van der Waals surface area contributed by atoms with Crippen LogP contribution < -0.4 is 16.0 Å². The first kappa shape index (κ1) is 69.2. The number of phenolic OH excluding ortho intramolecular Hbond substituents is 2. The summed E-state index contributed by atoms with van der Waals surface area (Å²) in [6, 6.07) is 12.8. The SMILES string of the molecule is CN=Nc1c(S(=O)(=O)O)cc2c(S(=O)(=O)O)c(N=Nc3cc(S(=O)(=O)O)c4cc(SOOO)c(N=Nc5ccc([N+](=O)[O-])cc5S(=O)(=O)O)c(O)c4c3N)ccc2c1O.COc1cc(S(=O)(=O)O)c(N=Nc2c(C)[nH]n(-c3ccc(S(=O)(=O)O)cc3)c2=O)cc1C. The van der Waals surface area contributed by atoms with Gasteiger partial charge in [0.05, 0.1) is 56.3 Å². The van der Waals surface area contributed by atoms with Gasteiger partial charge in [0, 0.05) is 41.4 Å². The van der Waals surface area contributed by atoms with Crippen molar-refractivity contribution in [3.63, 3.8) is 0 Å². The zero-order valence-electron chi connectivity index (χ0n) is 45.4. The number of methoxy groups -OCH3 is 1. The Kier molecular flexibility index (Phi) is 19.7. The van der Waals surface area contributed by atoms with Crippen molar-refractivity contribution >= 4 is 145 Å². The quantitative estimate of drug-likeness (QED) is 0.00686. The first-order valence-electron chi connectivity index (χ1n) is 23.5. The number of hydrogen-bond acceptors (Lipinski definition) is 31. The minimum absolute atomic E-state index is 0.0109. The number of fused-ring (bicyclic) bond motifs is 2. The monoisotopic (exact) mass is 1400 g/mol. The molecule has 39 nitrogen and oxygen atoms in total. The number of benzene rings is 7. The minimum Gasteiger partial charge on any atom is -0.505 e. The Bertz CT molecular complexity index is 5280. The fourth-order valence-corrected chi connectivity index (χ4v) is 12.5. The third-order valence-corrected chi connectivity index (χ3v) is 18.0. The van der Waals surface area contributed by atoms with Gasteiger partial charge in [0.25, 0.3) is 72.0 Å². The molecule has 0 radical (unpaired) electrons. The second kappa shape index (κ2) is 25.9. The lowest BCUT2D eigenvalue weighted by Crippen LogP contribution is -2.14. The summed E-state index contributed by atoms with van der Waals surface area (Å²) in [5.41, 5.74) is 0.777. The van der Waals surface area contributed by atoms with E-state index in [9.17, 15) is 98.4 Å². The second-order valence-electron chi connectivity index (χ2n) is 17.8. The van der Waals surface area contributed by atoms with Gasteiger partial charge in [-0.1, -0.05) is 5.04 Å². The van der Waals surface area contributed by atoms with Crippen LogP contribution in [0.1, 0.15) is 11.3 Å². The number of nitro benzene ring substituents is 1. The molecule has 0 unspecified atom stereocenters. The third-order valence-electron chi connectivity index (χ3n) is 12.0. The van der Waals surface area contributed by atoms with E-state index in [1.807, 2.05) is 0 Å². The van der Waals surface area contributed by atoms with E-state index in [2.05, 4.69) is 55.4 Å². The third kappa shape index (κ3) is 15.0. The molecule has 0 aliphatic heterocycles. The van der Waals surface area contributed by atoms with Crippen LogP contribution in [0.2, 0.25) is 0 Å². The van der Waals surface area contributed by atoms with Crippen LogP contribution in [-0.2, 0) is 70.1 Å². The van der Waals surface area contributed by atoms with Gasteiger partial charge >= 0.3 is 0 Å². The Hall–Kier alpha value is -9.24. The number of aromatic hydroxyl groups is 2. The van der Waals surface area contributed by atoms with Crippen LogP contribution in [0.25, 0.3) is 27.2 Å². The van der Waals surface area contributed by atoms with Crippen molar-refractivity contribution < 1.29 is 112 Å². The van der Waals surface area contributed by atoms with E-state index < -0.39 is 173 Å². The van der Waals surface area contributed by atoms with Gasteiger partial charge in [0.1, 0.15) is 64.4 Å². The molecule has 1 aromatic heterocycles. The van der Waals surface area contributed by atoms with Gasteiger partial charge in [-0.15, -0.1) is 35.0 Å². The molecule has 482 valence electrons. The van der Waals surface area contributed by atoms with Crippen LogP contribution in [0.4, 0.5) is 51.2 Å². The number of azo groups is 4. The number of ether oxygens (including phenoxy) is 1. The second-order valence-corrected chi connectivity index (χ2v) is 26.9. The van der Waals surface area contributed by atoms with E-state index >= 15 is 0 Å². The van der Waals surface area contributed by atoms with Crippen LogP contribution in [0.15, 0.2) is 165 Å². The number of nitro groups is 1.